The number of hydrogen-bond acceptors (Lipinski definition) is 5. The summed E-state index contributed by atoms with van der Waals surface area (Å²) in [6.45, 7) is -1.02. The second-order valence-electron chi connectivity index (χ2n) is 4.22. The smallest absolute Gasteiger partial charge is 0.303 e. The molecule has 112 valence electrons. The molecule has 4 N–H and O–H groups in total. The van der Waals surface area contributed by atoms with E-state index in [9.17, 15) is 13.2 Å². The van der Waals surface area contributed by atoms with Crippen molar-refractivity contribution in [2.45, 2.75) is 23.8 Å². The van der Waals surface area contributed by atoms with E-state index < -0.39 is 35.2 Å². The van der Waals surface area contributed by atoms with E-state index in [4.69, 9.17) is 15.3 Å². The van der Waals surface area contributed by atoms with Crippen LogP contribution in [0.4, 0.5) is 0 Å². The van der Waals surface area contributed by atoms with Gasteiger partial charge in [0.05, 0.1) is 24.2 Å². The first-order valence-electron chi connectivity index (χ1n) is 5.94. The number of carboxylic acid groups (broad SMARTS) is 1. The summed E-state index contributed by atoms with van der Waals surface area (Å²) in [7, 11) is -3.82. The minimum absolute atomic E-state index is 0.0107. The van der Waals surface area contributed by atoms with Gasteiger partial charge in [0.1, 0.15) is 0 Å². The summed E-state index contributed by atoms with van der Waals surface area (Å²) < 4.78 is 26.0. The van der Waals surface area contributed by atoms with Gasteiger partial charge in [0.2, 0.25) is 10.0 Å². The number of carbonyl (C=O) groups is 1. The third-order valence-corrected chi connectivity index (χ3v) is 4.16. The summed E-state index contributed by atoms with van der Waals surface area (Å²) in [4.78, 5) is 10.4. The molecule has 7 nitrogen and oxygen atoms in total. The lowest BCUT2D eigenvalue weighted by molar-refractivity contribution is -0.136. The second kappa shape index (κ2) is 7.34. The van der Waals surface area contributed by atoms with E-state index in [1.165, 1.54) is 24.3 Å². The summed E-state index contributed by atoms with van der Waals surface area (Å²) >= 11 is 0. The number of aliphatic carboxylic acids is 1. The molecule has 0 aliphatic rings. The fraction of sp³-hybridized carbons (Fsp3) is 0.417. The normalized spacial score (nSPS) is 11.8. The van der Waals surface area contributed by atoms with E-state index in [0.29, 0.717) is 12.0 Å². The lowest BCUT2D eigenvalue weighted by atomic mass is 10.1. The second-order valence-corrected chi connectivity index (χ2v) is 5.94. The minimum atomic E-state index is -3.82. The summed E-state index contributed by atoms with van der Waals surface area (Å²) in [5.41, 5.74) is 0.715. The topological polar surface area (TPSA) is 124 Å². The van der Waals surface area contributed by atoms with E-state index >= 15 is 0 Å². The van der Waals surface area contributed by atoms with E-state index in [1.54, 1.807) is 0 Å². The van der Waals surface area contributed by atoms with Gasteiger partial charge in [-0.3, -0.25) is 4.79 Å². The van der Waals surface area contributed by atoms with Crippen LogP contribution in [0.3, 0.4) is 0 Å². The summed E-state index contributed by atoms with van der Waals surface area (Å²) in [6, 6.07) is 4.82. The predicted octanol–water partition coefficient (Wildman–Crippen LogP) is -0.665. The number of sulfonamides is 1. The van der Waals surface area contributed by atoms with E-state index in [2.05, 4.69) is 4.72 Å². The Morgan fingerprint density at radius 1 is 1.15 bits per heavy atom. The SMILES string of the molecule is O=C(O)CCc1ccc(S(=O)(=O)NC(CO)CO)cc1. The Morgan fingerprint density at radius 3 is 2.15 bits per heavy atom. The van der Waals surface area contributed by atoms with Gasteiger partial charge < -0.3 is 15.3 Å². The van der Waals surface area contributed by atoms with Crippen LogP contribution in [0, 0.1) is 0 Å². The number of aryl methyl sites for hydroxylation is 1. The third-order valence-electron chi connectivity index (χ3n) is 2.62. The van der Waals surface area contributed by atoms with Crippen LogP contribution in [-0.4, -0.2) is 49.0 Å². The molecule has 1 aromatic rings. The van der Waals surface area contributed by atoms with Gasteiger partial charge in [-0.25, -0.2) is 13.1 Å². The first-order valence-corrected chi connectivity index (χ1v) is 7.42. The van der Waals surface area contributed by atoms with Gasteiger partial charge in [-0.1, -0.05) is 12.1 Å². The van der Waals surface area contributed by atoms with Crippen LogP contribution in [0.15, 0.2) is 29.2 Å². The molecule has 0 saturated heterocycles. The molecule has 0 fully saturated rings. The number of rotatable bonds is 8. The molecular formula is C12H17NO6S. The molecule has 0 heterocycles. The zero-order chi connectivity index (χ0) is 15.2. The Morgan fingerprint density at radius 2 is 1.70 bits per heavy atom. The molecule has 0 atom stereocenters. The van der Waals surface area contributed by atoms with Gasteiger partial charge in [0.25, 0.3) is 0 Å². The fourth-order valence-corrected chi connectivity index (χ4v) is 2.72. The number of benzene rings is 1. The van der Waals surface area contributed by atoms with Crippen molar-refractivity contribution >= 4 is 16.0 Å². The summed E-state index contributed by atoms with van der Waals surface area (Å²) in [5.74, 6) is -0.919. The van der Waals surface area contributed by atoms with E-state index in [0.717, 1.165) is 0 Å². The molecule has 0 unspecified atom stereocenters. The van der Waals surface area contributed by atoms with Gasteiger partial charge in [0, 0.05) is 6.42 Å². The first kappa shape index (κ1) is 16.6. The van der Waals surface area contributed by atoms with Crippen LogP contribution in [-0.2, 0) is 21.2 Å². The lowest BCUT2D eigenvalue weighted by Crippen LogP contribution is -2.39. The van der Waals surface area contributed by atoms with Crippen molar-refractivity contribution in [2.24, 2.45) is 0 Å². The van der Waals surface area contributed by atoms with Gasteiger partial charge in [-0.2, -0.15) is 0 Å². The Bertz CT molecular complexity index is 536. The van der Waals surface area contributed by atoms with Crippen LogP contribution in [0.25, 0.3) is 0 Å². The van der Waals surface area contributed by atoms with Crippen LogP contribution in [0.2, 0.25) is 0 Å². The molecule has 0 amide bonds. The number of aliphatic hydroxyl groups is 2. The highest BCUT2D eigenvalue weighted by Gasteiger charge is 2.18. The van der Waals surface area contributed by atoms with Gasteiger partial charge in [-0.15, -0.1) is 0 Å². The van der Waals surface area contributed by atoms with E-state index in [-0.39, 0.29) is 11.3 Å². The van der Waals surface area contributed by atoms with Crippen molar-refractivity contribution in [1.29, 1.82) is 0 Å². The highest BCUT2D eigenvalue weighted by Crippen LogP contribution is 2.12. The third kappa shape index (κ3) is 4.89. The van der Waals surface area contributed by atoms with E-state index in [1.807, 2.05) is 0 Å². The molecular weight excluding hydrogens is 286 g/mol. The van der Waals surface area contributed by atoms with Crippen molar-refractivity contribution in [3.05, 3.63) is 29.8 Å². The number of nitrogens with one attached hydrogen (secondary N) is 1. The van der Waals surface area contributed by atoms with Gasteiger partial charge in [0.15, 0.2) is 0 Å². The van der Waals surface area contributed by atoms with Crippen molar-refractivity contribution < 1.29 is 28.5 Å². The van der Waals surface area contributed by atoms with Crippen LogP contribution in [0.1, 0.15) is 12.0 Å². The van der Waals surface area contributed by atoms with Crippen LogP contribution >= 0.6 is 0 Å². The maximum Gasteiger partial charge on any atom is 0.303 e. The fourth-order valence-electron chi connectivity index (χ4n) is 1.51. The Kier molecular flexibility index (Phi) is 6.08. The van der Waals surface area contributed by atoms with Crippen LogP contribution in [0.5, 0.6) is 0 Å². The molecule has 0 bridgehead atoms. The highest BCUT2D eigenvalue weighted by molar-refractivity contribution is 7.89. The zero-order valence-electron chi connectivity index (χ0n) is 10.7. The molecule has 0 aromatic heterocycles. The standard InChI is InChI=1S/C12H17NO6S/c14-7-10(8-15)13-20(18,19)11-4-1-9(2-5-11)3-6-12(16)17/h1-2,4-5,10,13-15H,3,6-8H2,(H,16,17). The average molecular weight is 303 g/mol. The van der Waals surface area contributed by atoms with Crippen molar-refractivity contribution in [1.82, 2.24) is 4.72 Å². The average Bonchev–Trinajstić information content (AvgIpc) is 2.43. The van der Waals surface area contributed by atoms with Gasteiger partial charge >= 0.3 is 5.97 Å². The highest BCUT2D eigenvalue weighted by atomic mass is 32.2. The zero-order valence-corrected chi connectivity index (χ0v) is 11.5. The van der Waals surface area contributed by atoms with Crippen molar-refractivity contribution in [2.75, 3.05) is 13.2 Å². The number of carboxylic acids is 1. The molecule has 0 saturated carbocycles. The molecule has 0 aliphatic heterocycles. The quantitative estimate of drug-likeness (QED) is 0.505. The maximum atomic E-state index is 11.9. The Hall–Kier alpha value is -1.48. The molecule has 0 spiro atoms. The lowest BCUT2D eigenvalue weighted by Gasteiger charge is -2.13. The maximum absolute atomic E-state index is 11.9. The summed E-state index contributed by atoms with van der Waals surface area (Å²) in [5, 5.41) is 26.3. The molecule has 1 aromatic carbocycles. The largest absolute Gasteiger partial charge is 0.481 e. The van der Waals surface area contributed by atoms with Crippen molar-refractivity contribution in [3.8, 4) is 0 Å². The molecule has 0 aliphatic carbocycles. The summed E-state index contributed by atoms with van der Waals surface area (Å²) in [6.07, 6.45) is 0.292. The Labute approximate surface area is 116 Å². The first-order chi connectivity index (χ1) is 9.39. The molecule has 8 heteroatoms. The number of hydrogen-bond donors (Lipinski definition) is 4. The molecule has 20 heavy (non-hydrogen) atoms. The monoisotopic (exact) mass is 303 g/mol. The predicted molar refractivity (Wildman–Crippen MR) is 70.7 cm³/mol. The Balaban J connectivity index is 2.78. The number of aliphatic hydroxyl groups excluding tert-OH is 2. The molecule has 0 radical (unpaired) electrons. The van der Waals surface area contributed by atoms with Crippen LogP contribution < -0.4 is 4.72 Å². The molecule has 1 rings (SSSR count). The van der Waals surface area contributed by atoms with Crippen molar-refractivity contribution in [3.63, 3.8) is 0 Å². The minimum Gasteiger partial charge on any atom is -0.481 e. The van der Waals surface area contributed by atoms with Gasteiger partial charge in [-0.05, 0) is 24.1 Å².